The summed E-state index contributed by atoms with van der Waals surface area (Å²) >= 11 is 0. The molecule has 5 rings (SSSR count). The van der Waals surface area contributed by atoms with E-state index in [-0.39, 0.29) is 18.1 Å². The minimum absolute atomic E-state index is 0.0617. The van der Waals surface area contributed by atoms with Crippen LogP contribution >= 0.6 is 0 Å². The molecule has 2 N–H and O–H groups in total. The second-order valence-electron chi connectivity index (χ2n) is 9.94. The van der Waals surface area contributed by atoms with Gasteiger partial charge < -0.3 is 10.6 Å². The molecule has 0 saturated heterocycles. The summed E-state index contributed by atoms with van der Waals surface area (Å²) in [4.78, 5) is 24.4. The average molecular weight is 521 g/mol. The number of rotatable bonds is 7. The summed E-state index contributed by atoms with van der Waals surface area (Å²) < 4.78 is 1.78. The van der Waals surface area contributed by atoms with Crippen molar-refractivity contribution in [3.8, 4) is 17.2 Å². The minimum Gasteiger partial charge on any atom is -0.367 e. The van der Waals surface area contributed by atoms with Crippen molar-refractivity contribution in [2.24, 2.45) is 7.05 Å². The molecular weight excluding hydrogens is 488 g/mol. The second-order valence-corrected chi connectivity index (χ2v) is 9.94. The van der Waals surface area contributed by atoms with E-state index in [1.54, 1.807) is 16.9 Å². The van der Waals surface area contributed by atoms with Gasteiger partial charge in [0, 0.05) is 48.5 Å². The van der Waals surface area contributed by atoms with Crippen LogP contribution in [0.25, 0.3) is 11.1 Å². The van der Waals surface area contributed by atoms with Gasteiger partial charge in [-0.1, -0.05) is 18.2 Å². The third-order valence-electron chi connectivity index (χ3n) is 7.08. The smallest absolute Gasteiger partial charge is 0.322 e. The van der Waals surface area contributed by atoms with Crippen molar-refractivity contribution in [1.82, 2.24) is 25.1 Å². The maximum Gasteiger partial charge on any atom is 0.322 e. The van der Waals surface area contributed by atoms with Crippen molar-refractivity contribution in [1.29, 1.82) is 5.26 Å². The van der Waals surface area contributed by atoms with E-state index in [0.29, 0.717) is 12.1 Å². The number of anilines is 2. The number of nitrogens with one attached hydrogen (secondary N) is 2. The van der Waals surface area contributed by atoms with E-state index in [0.717, 1.165) is 59.7 Å². The van der Waals surface area contributed by atoms with Gasteiger partial charge in [0.15, 0.2) is 0 Å². The molecule has 0 radical (unpaired) electrons. The maximum atomic E-state index is 13.6. The Morgan fingerprint density at radius 1 is 1.05 bits per heavy atom. The highest BCUT2D eigenvalue weighted by Gasteiger charge is 2.30. The number of carbonyl (C=O) groups excluding carboxylic acids is 1. The van der Waals surface area contributed by atoms with Gasteiger partial charge in [-0.2, -0.15) is 10.4 Å². The van der Waals surface area contributed by atoms with Gasteiger partial charge in [-0.25, -0.2) is 9.78 Å². The predicted octanol–water partition coefficient (Wildman–Crippen LogP) is 5.20. The number of nitriles is 1. The number of hydrogen-bond acceptors (Lipinski definition) is 6. The number of pyridine rings is 2. The zero-order valence-corrected chi connectivity index (χ0v) is 22.2. The summed E-state index contributed by atoms with van der Waals surface area (Å²) in [5.41, 5.74) is 5.25. The first kappa shape index (κ1) is 25.9. The molecule has 39 heavy (non-hydrogen) atoms. The quantitative estimate of drug-likeness (QED) is 0.347. The van der Waals surface area contributed by atoms with Crippen molar-refractivity contribution in [3.05, 3.63) is 90.1 Å². The van der Waals surface area contributed by atoms with Gasteiger partial charge in [0.25, 0.3) is 0 Å². The van der Waals surface area contributed by atoms with Crippen LogP contribution in [0.1, 0.15) is 42.6 Å². The Kier molecular flexibility index (Phi) is 7.83. The molecule has 0 unspecified atom stereocenters. The summed E-state index contributed by atoms with van der Waals surface area (Å²) in [6, 6.07) is 19.8. The third kappa shape index (κ3) is 6.41. The number of urea groups is 1. The van der Waals surface area contributed by atoms with Crippen LogP contribution in [-0.2, 0) is 13.6 Å². The maximum absolute atomic E-state index is 13.6. The Morgan fingerprint density at radius 2 is 1.85 bits per heavy atom. The normalized spacial score (nSPS) is 16.7. The molecule has 9 nitrogen and oxygen atoms in total. The van der Waals surface area contributed by atoms with E-state index < -0.39 is 0 Å². The lowest BCUT2D eigenvalue weighted by molar-refractivity contribution is 0.240. The summed E-state index contributed by atoms with van der Waals surface area (Å²) in [5, 5.41) is 19.8. The largest absolute Gasteiger partial charge is 0.367 e. The highest BCUT2D eigenvalue weighted by Crippen LogP contribution is 2.31. The Labute approximate surface area is 228 Å². The summed E-state index contributed by atoms with van der Waals surface area (Å²) in [7, 11) is 1.90. The van der Waals surface area contributed by atoms with Crippen LogP contribution < -0.4 is 15.5 Å². The van der Waals surface area contributed by atoms with Crippen LogP contribution in [0.2, 0.25) is 0 Å². The first-order valence-corrected chi connectivity index (χ1v) is 13.2. The van der Waals surface area contributed by atoms with E-state index in [1.807, 2.05) is 79.8 Å². The fraction of sp³-hybridized carbons (Fsp3) is 0.300. The summed E-state index contributed by atoms with van der Waals surface area (Å²) in [6.07, 6.45) is 8.92. The second kappa shape index (κ2) is 11.8. The first-order chi connectivity index (χ1) is 19.0. The number of carbonyl (C=O) groups is 1. The number of amides is 2. The lowest BCUT2D eigenvalue weighted by Crippen LogP contribution is -2.48. The molecule has 0 spiro atoms. The van der Waals surface area contributed by atoms with Crippen LogP contribution in [0.5, 0.6) is 0 Å². The van der Waals surface area contributed by atoms with Crippen molar-refractivity contribution >= 4 is 17.5 Å². The summed E-state index contributed by atoms with van der Waals surface area (Å²) in [6.45, 7) is 2.31. The molecule has 9 heteroatoms. The average Bonchev–Trinajstić information content (AvgIpc) is 3.40. The van der Waals surface area contributed by atoms with Gasteiger partial charge >= 0.3 is 6.03 Å². The molecule has 1 aliphatic carbocycles. The molecule has 0 bridgehead atoms. The molecule has 2 amide bonds. The van der Waals surface area contributed by atoms with Gasteiger partial charge in [0.05, 0.1) is 24.0 Å². The zero-order valence-electron chi connectivity index (χ0n) is 22.2. The number of aromatic nitrogens is 4. The molecule has 4 aromatic rings. The lowest BCUT2D eigenvalue weighted by Gasteiger charge is -2.37. The number of benzene rings is 1. The Hall–Kier alpha value is -4.71. The van der Waals surface area contributed by atoms with Crippen LogP contribution in [0.15, 0.2) is 73.2 Å². The van der Waals surface area contributed by atoms with Crippen LogP contribution in [0, 0.1) is 18.3 Å². The minimum atomic E-state index is -0.127. The molecule has 0 aliphatic heterocycles. The van der Waals surface area contributed by atoms with E-state index in [4.69, 9.17) is 5.26 Å². The van der Waals surface area contributed by atoms with Gasteiger partial charge in [0.2, 0.25) is 0 Å². The van der Waals surface area contributed by atoms with Crippen LogP contribution in [0.4, 0.5) is 16.3 Å². The third-order valence-corrected chi connectivity index (χ3v) is 7.08. The lowest BCUT2D eigenvalue weighted by atomic mass is 9.89. The molecule has 3 heterocycles. The predicted molar refractivity (Wildman–Crippen MR) is 151 cm³/mol. The molecule has 0 atom stereocenters. The molecule has 1 aromatic carbocycles. The van der Waals surface area contributed by atoms with Crippen LogP contribution in [0.3, 0.4) is 0 Å². The molecule has 3 aromatic heterocycles. The Morgan fingerprint density at radius 3 is 2.49 bits per heavy atom. The van der Waals surface area contributed by atoms with E-state index >= 15 is 0 Å². The SMILES string of the molecule is Cc1cccc(CNC(=O)N(c2ccc(-c3cnn(C)c3)cc2)C2CCC(Nc3ccc(C#N)cn3)CC2)n1. The fourth-order valence-electron chi connectivity index (χ4n) is 5.06. The Bertz CT molecular complexity index is 1450. The van der Waals surface area contributed by atoms with Gasteiger partial charge in [-0.3, -0.25) is 14.6 Å². The van der Waals surface area contributed by atoms with Gasteiger partial charge in [-0.15, -0.1) is 0 Å². The van der Waals surface area contributed by atoms with E-state index in [9.17, 15) is 4.79 Å². The number of aryl methyl sites for hydroxylation is 2. The van der Waals surface area contributed by atoms with Crippen molar-refractivity contribution < 1.29 is 4.79 Å². The monoisotopic (exact) mass is 520 g/mol. The van der Waals surface area contributed by atoms with Crippen LogP contribution in [-0.4, -0.2) is 37.9 Å². The molecule has 198 valence electrons. The van der Waals surface area contributed by atoms with E-state index in [2.05, 4.69) is 31.8 Å². The highest BCUT2D eigenvalue weighted by atomic mass is 16.2. The fourth-order valence-corrected chi connectivity index (χ4v) is 5.06. The summed E-state index contributed by atoms with van der Waals surface area (Å²) in [5.74, 6) is 0.767. The molecular formula is C30H32N8O. The highest BCUT2D eigenvalue weighted by molar-refractivity contribution is 5.93. The molecule has 1 fully saturated rings. The van der Waals surface area contributed by atoms with Gasteiger partial charge in [0.1, 0.15) is 11.9 Å². The topological polar surface area (TPSA) is 112 Å². The number of hydrogen-bond donors (Lipinski definition) is 2. The standard InChI is InChI=1S/C30H32N8O/c1-21-4-3-5-26(35-21)19-33-30(39)38(27-11-7-23(8-12-27)24-18-34-37(2)20-24)28-13-9-25(10-14-28)36-29-15-6-22(16-31)17-32-29/h3-8,11-12,15,17-18,20,25,28H,9-10,13-14,19H2,1-2H3,(H,32,36)(H,33,39). The van der Waals surface area contributed by atoms with Crippen molar-refractivity contribution in [3.63, 3.8) is 0 Å². The molecule has 1 aliphatic rings. The zero-order chi connectivity index (χ0) is 27.2. The van der Waals surface area contributed by atoms with Crippen molar-refractivity contribution in [2.45, 2.75) is 51.2 Å². The van der Waals surface area contributed by atoms with Crippen molar-refractivity contribution in [2.75, 3.05) is 10.2 Å². The Balaban J connectivity index is 1.30. The molecule has 1 saturated carbocycles. The van der Waals surface area contributed by atoms with Gasteiger partial charge in [-0.05, 0) is 74.6 Å². The van der Waals surface area contributed by atoms with E-state index in [1.165, 1.54) is 0 Å². The number of nitrogens with zero attached hydrogens (tertiary/aromatic N) is 6. The first-order valence-electron chi connectivity index (χ1n) is 13.2.